The van der Waals surface area contributed by atoms with E-state index < -0.39 is 6.10 Å². The summed E-state index contributed by atoms with van der Waals surface area (Å²) in [6.07, 6.45) is 65.8. The van der Waals surface area contributed by atoms with Crippen molar-refractivity contribution in [2.24, 2.45) is 0 Å². The summed E-state index contributed by atoms with van der Waals surface area (Å²) in [7, 11) is 0. The number of unbranched alkanes of at least 4 members (excludes halogenated alkanes) is 24. The summed E-state index contributed by atoms with van der Waals surface area (Å²) >= 11 is 0. The quantitative estimate of drug-likeness (QED) is 0.0199. The molecule has 0 heterocycles. The van der Waals surface area contributed by atoms with Gasteiger partial charge in [-0.3, -0.25) is 14.4 Å². The highest BCUT2D eigenvalue weighted by atomic mass is 16.6. The monoisotopic (exact) mass is 877 g/mol. The second-order valence-corrected chi connectivity index (χ2v) is 17.1. The number of carbonyl (C=O) groups excluding carboxylic acids is 3. The van der Waals surface area contributed by atoms with Crippen LogP contribution in [0.5, 0.6) is 0 Å². The summed E-state index contributed by atoms with van der Waals surface area (Å²) in [6, 6.07) is 0. The zero-order chi connectivity index (χ0) is 45.8. The lowest BCUT2D eigenvalue weighted by molar-refractivity contribution is -0.167. The molecule has 0 fully saturated rings. The van der Waals surface area contributed by atoms with Gasteiger partial charge in [-0.2, -0.15) is 0 Å². The van der Waals surface area contributed by atoms with E-state index in [1.807, 2.05) is 24.3 Å². The summed E-state index contributed by atoms with van der Waals surface area (Å²) < 4.78 is 16.7. The molecule has 1 atom stereocenters. The molecule has 0 saturated carbocycles. The number of ether oxygens (including phenoxy) is 3. The van der Waals surface area contributed by atoms with Gasteiger partial charge in [0.15, 0.2) is 6.10 Å². The van der Waals surface area contributed by atoms with Gasteiger partial charge in [0.25, 0.3) is 0 Å². The van der Waals surface area contributed by atoms with E-state index in [1.165, 1.54) is 103 Å². The molecule has 6 nitrogen and oxygen atoms in total. The molecule has 0 bridgehead atoms. The molecule has 0 amide bonds. The number of carbonyl (C=O) groups is 3. The topological polar surface area (TPSA) is 78.9 Å². The molecule has 0 radical (unpaired) electrons. The van der Waals surface area contributed by atoms with Crippen molar-refractivity contribution in [3.63, 3.8) is 0 Å². The molecular formula is C57H96O6. The summed E-state index contributed by atoms with van der Waals surface area (Å²) in [5, 5.41) is 0. The fourth-order valence-corrected chi connectivity index (χ4v) is 7.12. The molecule has 0 aromatic carbocycles. The lowest BCUT2D eigenvalue weighted by Crippen LogP contribution is -2.30. The Morgan fingerprint density at radius 1 is 0.349 bits per heavy atom. The lowest BCUT2D eigenvalue weighted by atomic mass is 10.0. The predicted molar refractivity (Wildman–Crippen MR) is 270 cm³/mol. The van der Waals surface area contributed by atoms with Crippen LogP contribution in [0.1, 0.15) is 239 Å². The van der Waals surface area contributed by atoms with Gasteiger partial charge >= 0.3 is 17.9 Å². The van der Waals surface area contributed by atoms with Crippen molar-refractivity contribution in [3.8, 4) is 0 Å². The van der Waals surface area contributed by atoms with Crippen molar-refractivity contribution in [1.29, 1.82) is 0 Å². The Hall–Kier alpha value is -3.41. The summed E-state index contributed by atoms with van der Waals surface area (Å²) in [5.74, 6) is -0.980. The van der Waals surface area contributed by atoms with E-state index in [0.717, 1.165) is 89.9 Å². The standard InChI is InChI=1S/C57H96O6/c1-4-7-10-13-16-19-22-24-26-27-28-29-31-32-35-38-41-44-47-50-56(59)62-53-54(52-61-55(58)49-46-43-40-37-34-21-18-15-12-9-6-3)63-57(60)51-48-45-42-39-36-33-30-25-23-20-17-14-11-8-5-2/h8-9,11-12,14,17-18,20-21,23,25,30,37,40,54H,4-7,10,13,15-16,19,22,24,26-29,31-36,38-39,41-53H2,1-3H3/b11-8-,12-9-,17-14-,21-18-,23-20-,30-25-,40-37-. The molecule has 6 heteroatoms. The third kappa shape index (κ3) is 49.5. The second-order valence-electron chi connectivity index (χ2n) is 17.1. The predicted octanol–water partition coefficient (Wildman–Crippen LogP) is 17.2. The van der Waals surface area contributed by atoms with Gasteiger partial charge in [0.1, 0.15) is 13.2 Å². The first-order chi connectivity index (χ1) is 31.0. The van der Waals surface area contributed by atoms with Gasteiger partial charge < -0.3 is 14.2 Å². The summed E-state index contributed by atoms with van der Waals surface area (Å²) in [4.78, 5) is 37.9. The van der Waals surface area contributed by atoms with Crippen LogP contribution < -0.4 is 0 Å². The van der Waals surface area contributed by atoms with Crippen LogP contribution in [0.3, 0.4) is 0 Å². The average molecular weight is 877 g/mol. The first-order valence-corrected chi connectivity index (χ1v) is 26.1. The SMILES string of the molecule is CC\C=C/C=C\C=C/C=C\CCCCCCCC(=O)OC(COC(=O)CCC/C=C\C/C=C\C/C=C\CC)COC(=O)CCCCCCCCCCCCCCCCCCCCC. The lowest BCUT2D eigenvalue weighted by Gasteiger charge is -2.18. The third-order valence-corrected chi connectivity index (χ3v) is 11.0. The molecule has 0 spiro atoms. The van der Waals surface area contributed by atoms with Gasteiger partial charge in [0.2, 0.25) is 0 Å². The van der Waals surface area contributed by atoms with Crippen LogP contribution >= 0.6 is 0 Å². The number of hydrogen-bond acceptors (Lipinski definition) is 6. The maximum absolute atomic E-state index is 12.8. The number of rotatable bonds is 46. The number of allylic oxidation sites excluding steroid dienone is 14. The minimum atomic E-state index is -0.807. The van der Waals surface area contributed by atoms with Gasteiger partial charge in [-0.1, -0.05) is 241 Å². The minimum Gasteiger partial charge on any atom is -0.462 e. The van der Waals surface area contributed by atoms with Crippen LogP contribution in [-0.2, 0) is 28.6 Å². The van der Waals surface area contributed by atoms with Crippen molar-refractivity contribution in [3.05, 3.63) is 85.1 Å². The van der Waals surface area contributed by atoms with Crippen molar-refractivity contribution >= 4 is 17.9 Å². The molecule has 0 aliphatic carbocycles. The van der Waals surface area contributed by atoms with Gasteiger partial charge in [0, 0.05) is 19.3 Å². The average Bonchev–Trinajstić information content (AvgIpc) is 3.28. The van der Waals surface area contributed by atoms with E-state index in [9.17, 15) is 14.4 Å². The van der Waals surface area contributed by atoms with Crippen LogP contribution in [0.25, 0.3) is 0 Å². The molecule has 0 saturated heterocycles. The van der Waals surface area contributed by atoms with Crippen molar-refractivity contribution < 1.29 is 28.6 Å². The largest absolute Gasteiger partial charge is 0.462 e. The van der Waals surface area contributed by atoms with Crippen molar-refractivity contribution in [2.45, 2.75) is 245 Å². The highest BCUT2D eigenvalue weighted by Gasteiger charge is 2.19. The Bertz CT molecular complexity index is 1240. The van der Waals surface area contributed by atoms with E-state index in [-0.39, 0.29) is 37.5 Å². The summed E-state index contributed by atoms with van der Waals surface area (Å²) in [6.45, 7) is 6.32. The zero-order valence-electron chi connectivity index (χ0n) is 41.1. The molecule has 0 aromatic heterocycles. The van der Waals surface area contributed by atoms with E-state index in [1.54, 1.807) is 0 Å². The second kappa shape index (κ2) is 51.2. The highest BCUT2D eigenvalue weighted by Crippen LogP contribution is 2.16. The highest BCUT2D eigenvalue weighted by molar-refractivity contribution is 5.71. The smallest absolute Gasteiger partial charge is 0.306 e. The molecule has 0 aliphatic heterocycles. The molecule has 0 N–H and O–H groups in total. The molecule has 0 rings (SSSR count). The Kier molecular flexibility index (Phi) is 48.5. The fraction of sp³-hybridized carbons (Fsp3) is 0.702. The zero-order valence-corrected chi connectivity index (χ0v) is 41.1. The maximum Gasteiger partial charge on any atom is 0.306 e. The van der Waals surface area contributed by atoms with Crippen LogP contribution in [0, 0.1) is 0 Å². The van der Waals surface area contributed by atoms with E-state index >= 15 is 0 Å². The Morgan fingerprint density at radius 3 is 1.21 bits per heavy atom. The maximum atomic E-state index is 12.8. The first kappa shape index (κ1) is 59.6. The molecule has 0 aromatic rings. The molecular weight excluding hydrogens is 781 g/mol. The molecule has 1 unspecified atom stereocenters. The van der Waals surface area contributed by atoms with Crippen molar-refractivity contribution in [1.82, 2.24) is 0 Å². The van der Waals surface area contributed by atoms with Crippen LogP contribution in [0.15, 0.2) is 85.1 Å². The van der Waals surface area contributed by atoms with Gasteiger partial charge in [-0.25, -0.2) is 0 Å². The number of hydrogen-bond donors (Lipinski definition) is 0. The normalized spacial score (nSPS) is 12.7. The molecule has 0 aliphatic rings. The van der Waals surface area contributed by atoms with E-state index in [0.29, 0.717) is 19.3 Å². The van der Waals surface area contributed by atoms with Crippen LogP contribution in [0.2, 0.25) is 0 Å². The minimum absolute atomic E-state index is 0.101. The van der Waals surface area contributed by atoms with Crippen LogP contribution in [0.4, 0.5) is 0 Å². The Balaban J connectivity index is 4.39. The first-order valence-electron chi connectivity index (χ1n) is 26.1. The Labute approximate surface area is 388 Å². The molecule has 360 valence electrons. The summed E-state index contributed by atoms with van der Waals surface area (Å²) in [5.41, 5.74) is 0. The van der Waals surface area contributed by atoms with Gasteiger partial charge in [-0.15, -0.1) is 0 Å². The fourth-order valence-electron chi connectivity index (χ4n) is 7.12. The van der Waals surface area contributed by atoms with Gasteiger partial charge in [0.05, 0.1) is 0 Å². The van der Waals surface area contributed by atoms with E-state index in [2.05, 4.69) is 81.5 Å². The number of esters is 3. The van der Waals surface area contributed by atoms with Crippen molar-refractivity contribution in [2.75, 3.05) is 13.2 Å². The van der Waals surface area contributed by atoms with E-state index in [4.69, 9.17) is 14.2 Å². The molecule has 63 heavy (non-hydrogen) atoms. The Morgan fingerprint density at radius 2 is 0.714 bits per heavy atom. The van der Waals surface area contributed by atoms with Gasteiger partial charge in [-0.05, 0) is 64.2 Å². The van der Waals surface area contributed by atoms with Crippen LogP contribution in [-0.4, -0.2) is 37.2 Å². The third-order valence-electron chi connectivity index (χ3n) is 11.0.